The Morgan fingerprint density at radius 2 is 1.59 bits per heavy atom. The smallest absolute Gasteiger partial charge is 0.324 e. The Morgan fingerprint density at radius 1 is 1.00 bits per heavy atom. The number of benzene rings is 2. The highest BCUT2D eigenvalue weighted by molar-refractivity contribution is 7.89. The number of carbonyl (C=O) groups excluding carboxylic acids is 2. The molecule has 9 heteroatoms. The first-order valence-corrected chi connectivity index (χ1v) is 12.3. The second kappa shape index (κ2) is 9.01. The van der Waals surface area contributed by atoms with Crippen LogP contribution in [0.2, 0.25) is 0 Å². The second-order valence-electron chi connectivity index (χ2n) is 8.21. The molecule has 2 N–H and O–H groups in total. The van der Waals surface area contributed by atoms with Crippen LogP contribution in [0.4, 0.5) is 4.79 Å². The Bertz CT molecular complexity index is 1040. The van der Waals surface area contributed by atoms with Crippen LogP contribution in [0.25, 0.3) is 0 Å². The summed E-state index contributed by atoms with van der Waals surface area (Å²) in [4.78, 5) is 24.3. The Hall–Kier alpha value is -2.75. The van der Waals surface area contributed by atoms with Gasteiger partial charge in [-0.25, -0.2) is 13.2 Å². The molecule has 0 bridgehead atoms. The first-order valence-electron chi connectivity index (χ1n) is 10.7. The first-order chi connectivity index (χ1) is 15.3. The average molecular weight is 458 g/mol. The van der Waals surface area contributed by atoms with Crippen LogP contribution in [0.5, 0.6) is 0 Å². The molecule has 2 fully saturated rings. The van der Waals surface area contributed by atoms with Gasteiger partial charge in [-0.3, -0.25) is 10.1 Å². The van der Waals surface area contributed by atoms with Crippen LogP contribution in [0.3, 0.4) is 0 Å². The molecule has 0 aromatic heterocycles. The van der Waals surface area contributed by atoms with E-state index in [1.54, 1.807) is 0 Å². The fraction of sp³-hybridized carbons (Fsp3) is 0.391. The molecule has 4 rings (SSSR count). The largest absolute Gasteiger partial charge is 0.379 e. The van der Waals surface area contributed by atoms with E-state index in [0.717, 1.165) is 0 Å². The van der Waals surface area contributed by atoms with E-state index >= 15 is 0 Å². The molecule has 2 aromatic rings. The summed E-state index contributed by atoms with van der Waals surface area (Å²) in [5.41, 5.74) is -0.205. The number of imide groups is 1. The lowest BCUT2D eigenvalue weighted by Crippen LogP contribution is -2.51. The summed E-state index contributed by atoms with van der Waals surface area (Å²) < 4.78 is 28.0. The maximum absolute atomic E-state index is 13.3. The van der Waals surface area contributed by atoms with E-state index in [1.165, 1.54) is 9.21 Å². The third kappa shape index (κ3) is 4.28. The molecule has 2 aliphatic heterocycles. The first kappa shape index (κ1) is 22.4. The van der Waals surface area contributed by atoms with Crippen LogP contribution in [0.15, 0.2) is 60.7 Å². The molecule has 2 heterocycles. The highest BCUT2D eigenvalue weighted by Gasteiger charge is 2.49. The summed E-state index contributed by atoms with van der Waals surface area (Å²) >= 11 is 0. The number of aliphatic hydroxyl groups is 1. The molecule has 8 nitrogen and oxygen atoms in total. The predicted molar refractivity (Wildman–Crippen MR) is 119 cm³/mol. The quantitative estimate of drug-likeness (QED) is 0.587. The maximum atomic E-state index is 13.3. The molecule has 0 unspecified atom stereocenters. The normalized spacial score (nSPS) is 20.0. The summed E-state index contributed by atoms with van der Waals surface area (Å²) in [7, 11) is -3.70. The van der Waals surface area contributed by atoms with Crippen molar-refractivity contribution in [2.24, 2.45) is 0 Å². The van der Waals surface area contributed by atoms with Crippen molar-refractivity contribution in [2.75, 3.05) is 25.4 Å². The highest BCUT2D eigenvalue weighted by atomic mass is 32.2. The molecule has 170 valence electrons. The zero-order chi connectivity index (χ0) is 22.8. The fourth-order valence-corrected chi connectivity index (χ4v) is 6.43. The lowest BCUT2D eigenvalue weighted by molar-refractivity contribution is -0.118. The number of sulfonamides is 1. The zero-order valence-electron chi connectivity index (χ0n) is 17.7. The summed E-state index contributed by atoms with van der Waals surface area (Å²) in [6.45, 7) is 0.460. The molecule has 0 saturated carbocycles. The van der Waals surface area contributed by atoms with Crippen molar-refractivity contribution in [1.82, 2.24) is 14.5 Å². The third-order valence-corrected chi connectivity index (χ3v) is 8.13. The van der Waals surface area contributed by atoms with Gasteiger partial charge < -0.3 is 10.0 Å². The third-order valence-electron chi connectivity index (χ3n) is 6.17. The predicted octanol–water partition coefficient (Wildman–Crippen LogP) is 1.66. The highest BCUT2D eigenvalue weighted by Crippen LogP contribution is 2.41. The van der Waals surface area contributed by atoms with Crippen LogP contribution in [0, 0.1) is 0 Å². The van der Waals surface area contributed by atoms with Gasteiger partial charge in [-0.15, -0.1) is 0 Å². The summed E-state index contributed by atoms with van der Waals surface area (Å²) in [5, 5.41) is 14.2. The van der Waals surface area contributed by atoms with E-state index in [0.29, 0.717) is 30.5 Å². The number of amides is 3. The van der Waals surface area contributed by atoms with Crippen molar-refractivity contribution in [3.8, 4) is 0 Å². The van der Waals surface area contributed by atoms with Crippen molar-refractivity contribution in [3.05, 3.63) is 71.8 Å². The molecule has 2 saturated heterocycles. The van der Waals surface area contributed by atoms with Gasteiger partial charge in [-0.1, -0.05) is 60.7 Å². The average Bonchev–Trinajstić information content (AvgIpc) is 3.42. The molecule has 1 atom stereocenters. The number of nitrogens with one attached hydrogen (secondary N) is 1. The number of urea groups is 1. The Balaban J connectivity index is 1.57. The Labute approximate surface area is 187 Å². The van der Waals surface area contributed by atoms with Crippen LogP contribution < -0.4 is 5.32 Å². The molecule has 0 spiro atoms. The molecular weight excluding hydrogens is 430 g/mol. The fourth-order valence-electron chi connectivity index (χ4n) is 4.65. The lowest BCUT2D eigenvalue weighted by Gasteiger charge is -2.39. The van der Waals surface area contributed by atoms with E-state index < -0.39 is 27.7 Å². The van der Waals surface area contributed by atoms with E-state index in [4.69, 9.17) is 0 Å². The molecule has 3 amide bonds. The zero-order valence-corrected chi connectivity index (χ0v) is 18.5. The Morgan fingerprint density at radius 3 is 2.12 bits per heavy atom. The number of hydrogen-bond acceptors (Lipinski definition) is 5. The number of rotatable bonds is 8. The van der Waals surface area contributed by atoms with Gasteiger partial charge in [0.05, 0.1) is 11.8 Å². The topological polar surface area (TPSA) is 107 Å². The summed E-state index contributed by atoms with van der Waals surface area (Å²) in [6, 6.07) is 17.2. The molecule has 0 radical (unpaired) electrons. The SMILES string of the molecule is O=C1CN(CCCS(=O)(=O)N2CCC[C@@H]2C(O)(c2ccccc2)c2ccccc2)C(=O)N1. The van der Waals surface area contributed by atoms with Crippen LogP contribution in [-0.2, 0) is 20.4 Å². The van der Waals surface area contributed by atoms with Crippen molar-refractivity contribution < 1.29 is 23.1 Å². The second-order valence-corrected chi connectivity index (χ2v) is 10.3. The molecule has 32 heavy (non-hydrogen) atoms. The maximum Gasteiger partial charge on any atom is 0.324 e. The number of carbonyl (C=O) groups is 2. The van der Waals surface area contributed by atoms with Gasteiger partial charge >= 0.3 is 6.03 Å². The van der Waals surface area contributed by atoms with Crippen molar-refractivity contribution in [1.29, 1.82) is 0 Å². The minimum absolute atomic E-state index is 0.0486. The van der Waals surface area contributed by atoms with Crippen molar-refractivity contribution >= 4 is 22.0 Å². The van der Waals surface area contributed by atoms with Crippen LogP contribution >= 0.6 is 0 Å². The molecule has 2 aromatic carbocycles. The lowest BCUT2D eigenvalue weighted by atomic mass is 9.79. The minimum atomic E-state index is -3.70. The summed E-state index contributed by atoms with van der Waals surface area (Å²) in [6.07, 6.45) is 1.39. The standard InChI is InChI=1S/C23H27N3O5S/c27-21-17-25(22(28)24-21)14-8-16-32(30,31)26-15-7-13-20(26)23(29,18-9-3-1-4-10-18)19-11-5-2-6-12-19/h1-6,9-12,20,29H,7-8,13-17H2,(H,24,27,28)/t20-/m1/s1. The molecule has 2 aliphatic rings. The number of nitrogens with zero attached hydrogens (tertiary/aromatic N) is 2. The van der Waals surface area contributed by atoms with E-state index in [9.17, 15) is 23.1 Å². The van der Waals surface area contributed by atoms with Crippen LogP contribution in [-0.4, -0.2) is 66.1 Å². The van der Waals surface area contributed by atoms with Gasteiger partial charge in [-0.2, -0.15) is 4.31 Å². The summed E-state index contributed by atoms with van der Waals surface area (Å²) in [5.74, 6) is -0.547. The van der Waals surface area contributed by atoms with E-state index in [2.05, 4.69) is 5.32 Å². The van der Waals surface area contributed by atoms with Gasteiger partial charge in [0.2, 0.25) is 15.9 Å². The van der Waals surface area contributed by atoms with E-state index in [-0.39, 0.29) is 31.2 Å². The minimum Gasteiger partial charge on any atom is -0.379 e. The van der Waals surface area contributed by atoms with Crippen molar-refractivity contribution in [2.45, 2.75) is 30.9 Å². The van der Waals surface area contributed by atoms with Gasteiger partial charge in [0.15, 0.2) is 0 Å². The van der Waals surface area contributed by atoms with Gasteiger partial charge in [-0.05, 0) is 30.4 Å². The van der Waals surface area contributed by atoms with Gasteiger partial charge in [0.1, 0.15) is 12.1 Å². The Kier molecular flexibility index (Phi) is 6.32. The van der Waals surface area contributed by atoms with Gasteiger partial charge in [0.25, 0.3) is 0 Å². The monoisotopic (exact) mass is 457 g/mol. The van der Waals surface area contributed by atoms with Crippen LogP contribution in [0.1, 0.15) is 30.4 Å². The van der Waals surface area contributed by atoms with E-state index in [1.807, 2.05) is 60.7 Å². The van der Waals surface area contributed by atoms with Crippen molar-refractivity contribution in [3.63, 3.8) is 0 Å². The van der Waals surface area contributed by atoms with Gasteiger partial charge in [0, 0.05) is 13.1 Å². The molecular formula is C23H27N3O5S. The molecule has 0 aliphatic carbocycles. The number of hydrogen-bond donors (Lipinski definition) is 2.